The van der Waals surface area contributed by atoms with Crippen molar-refractivity contribution in [3.05, 3.63) is 48.5 Å². The molecule has 0 aliphatic carbocycles. The molecule has 1 aliphatic heterocycles. The Hall–Kier alpha value is -2.93. The van der Waals surface area contributed by atoms with E-state index in [1.54, 1.807) is 18.2 Å². The van der Waals surface area contributed by atoms with Crippen molar-refractivity contribution in [2.45, 2.75) is 0 Å². The van der Waals surface area contributed by atoms with Gasteiger partial charge >= 0.3 is 0 Å². The van der Waals surface area contributed by atoms with Gasteiger partial charge in [-0.2, -0.15) is 0 Å². The molecule has 0 saturated carbocycles. The molecule has 7 heteroatoms. The number of nitrogens with one attached hydrogen (secondary N) is 1. The zero-order valence-electron chi connectivity index (χ0n) is 12.6. The SMILES string of the molecule is O=C(CN1C(=O)COc2ccccc21)Nc1nc2ccccc2s1. The molecule has 0 unspecified atom stereocenters. The third-order valence-corrected chi connectivity index (χ3v) is 4.60. The molecule has 0 spiro atoms. The fraction of sp³-hybridized carbons (Fsp3) is 0.118. The lowest BCUT2D eigenvalue weighted by Gasteiger charge is -2.28. The highest BCUT2D eigenvalue weighted by molar-refractivity contribution is 7.22. The normalized spacial score (nSPS) is 13.5. The van der Waals surface area contributed by atoms with Crippen molar-refractivity contribution in [2.75, 3.05) is 23.4 Å². The molecule has 2 heterocycles. The van der Waals surface area contributed by atoms with Gasteiger partial charge in [-0.1, -0.05) is 35.6 Å². The molecule has 3 aromatic rings. The van der Waals surface area contributed by atoms with E-state index in [-0.39, 0.29) is 25.0 Å². The molecule has 1 aromatic heterocycles. The Morgan fingerprint density at radius 2 is 2.00 bits per heavy atom. The number of benzene rings is 2. The summed E-state index contributed by atoms with van der Waals surface area (Å²) < 4.78 is 6.37. The summed E-state index contributed by atoms with van der Waals surface area (Å²) in [6, 6.07) is 14.8. The summed E-state index contributed by atoms with van der Waals surface area (Å²) in [7, 11) is 0. The minimum absolute atomic E-state index is 0.0641. The van der Waals surface area contributed by atoms with E-state index in [9.17, 15) is 9.59 Å². The Balaban J connectivity index is 1.52. The summed E-state index contributed by atoms with van der Waals surface area (Å²) in [4.78, 5) is 30.2. The predicted molar refractivity (Wildman–Crippen MR) is 92.5 cm³/mol. The van der Waals surface area contributed by atoms with Crippen LogP contribution in [0.1, 0.15) is 0 Å². The number of carbonyl (C=O) groups is 2. The van der Waals surface area contributed by atoms with Crippen LogP contribution >= 0.6 is 11.3 Å². The summed E-state index contributed by atoms with van der Waals surface area (Å²) in [5, 5.41) is 3.29. The largest absolute Gasteiger partial charge is 0.482 e. The predicted octanol–water partition coefficient (Wildman–Crippen LogP) is 2.66. The number of para-hydroxylation sites is 3. The van der Waals surface area contributed by atoms with Gasteiger partial charge in [0.1, 0.15) is 12.3 Å². The lowest BCUT2D eigenvalue weighted by Crippen LogP contribution is -2.43. The number of anilines is 2. The third kappa shape index (κ3) is 2.69. The van der Waals surface area contributed by atoms with Gasteiger partial charge in [0.15, 0.2) is 11.7 Å². The van der Waals surface area contributed by atoms with E-state index in [1.807, 2.05) is 30.3 Å². The molecule has 0 atom stereocenters. The molecular formula is C17H13N3O3S. The molecule has 4 rings (SSSR count). The fourth-order valence-electron chi connectivity index (χ4n) is 2.56. The lowest BCUT2D eigenvalue weighted by molar-refractivity contribution is -0.123. The Morgan fingerprint density at radius 1 is 1.21 bits per heavy atom. The van der Waals surface area contributed by atoms with Crippen LogP contribution in [0.3, 0.4) is 0 Å². The Kier molecular flexibility index (Phi) is 3.62. The summed E-state index contributed by atoms with van der Waals surface area (Å²) >= 11 is 1.40. The molecule has 2 aromatic carbocycles. The van der Waals surface area contributed by atoms with E-state index in [0.717, 1.165) is 10.2 Å². The van der Waals surface area contributed by atoms with Gasteiger partial charge < -0.3 is 10.1 Å². The first-order valence-corrected chi connectivity index (χ1v) is 8.20. The third-order valence-electron chi connectivity index (χ3n) is 3.65. The summed E-state index contributed by atoms with van der Waals surface area (Å²) in [6.45, 7) is -0.138. The van der Waals surface area contributed by atoms with Crippen LogP contribution in [-0.2, 0) is 9.59 Å². The molecule has 0 radical (unpaired) electrons. The van der Waals surface area contributed by atoms with Gasteiger partial charge in [0.25, 0.3) is 5.91 Å². The highest BCUT2D eigenvalue weighted by atomic mass is 32.1. The topological polar surface area (TPSA) is 71.5 Å². The average Bonchev–Trinajstić information content (AvgIpc) is 2.99. The minimum atomic E-state index is -0.292. The van der Waals surface area contributed by atoms with E-state index >= 15 is 0 Å². The number of rotatable bonds is 3. The number of fused-ring (bicyclic) bond motifs is 2. The zero-order chi connectivity index (χ0) is 16.5. The summed E-state index contributed by atoms with van der Waals surface area (Å²) in [5.74, 6) is 0.0668. The fourth-order valence-corrected chi connectivity index (χ4v) is 3.44. The molecule has 6 nitrogen and oxygen atoms in total. The first-order chi connectivity index (χ1) is 11.7. The van der Waals surface area contributed by atoms with Crippen molar-refractivity contribution in [3.63, 3.8) is 0 Å². The van der Waals surface area contributed by atoms with Gasteiger partial charge in [0.05, 0.1) is 15.9 Å². The molecule has 0 bridgehead atoms. The van der Waals surface area contributed by atoms with Crippen molar-refractivity contribution in [1.29, 1.82) is 0 Å². The smallest absolute Gasteiger partial charge is 0.265 e. The lowest BCUT2D eigenvalue weighted by atomic mass is 10.2. The maximum absolute atomic E-state index is 12.3. The van der Waals surface area contributed by atoms with Crippen LogP contribution in [0.25, 0.3) is 10.2 Å². The molecule has 2 amide bonds. The number of aromatic nitrogens is 1. The van der Waals surface area contributed by atoms with Crippen LogP contribution < -0.4 is 15.0 Å². The van der Waals surface area contributed by atoms with Crippen LogP contribution in [0.4, 0.5) is 10.8 Å². The summed E-state index contributed by atoms with van der Waals surface area (Å²) in [5.41, 5.74) is 1.44. The number of hydrogen-bond donors (Lipinski definition) is 1. The van der Waals surface area contributed by atoms with Crippen molar-refractivity contribution in [2.24, 2.45) is 0 Å². The molecule has 0 saturated heterocycles. The number of hydrogen-bond acceptors (Lipinski definition) is 5. The van der Waals surface area contributed by atoms with E-state index in [4.69, 9.17) is 4.74 Å². The van der Waals surface area contributed by atoms with Crippen LogP contribution in [-0.4, -0.2) is 29.9 Å². The van der Waals surface area contributed by atoms with Crippen molar-refractivity contribution in [3.8, 4) is 5.75 Å². The highest BCUT2D eigenvalue weighted by Crippen LogP contribution is 2.31. The van der Waals surface area contributed by atoms with E-state index in [0.29, 0.717) is 16.6 Å². The maximum Gasteiger partial charge on any atom is 0.265 e. The first-order valence-electron chi connectivity index (χ1n) is 7.38. The molecule has 1 N–H and O–H groups in total. The van der Waals surface area contributed by atoms with E-state index in [2.05, 4.69) is 10.3 Å². The monoisotopic (exact) mass is 339 g/mol. The number of nitrogens with zero attached hydrogens (tertiary/aromatic N) is 2. The quantitative estimate of drug-likeness (QED) is 0.796. The number of amides is 2. The standard InChI is InChI=1S/C17H13N3O3S/c21-15(19-17-18-11-5-1-4-8-14(11)24-17)9-20-12-6-2-3-7-13(12)23-10-16(20)22/h1-8H,9-10H2,(H,18,19,21). The highest BCUT2D eigenvalue weighted by Gasteiger charge is 2.27. The van der Waals surface area contributed by atoms with Crippen LogP contribution in [0.2, 0.25) is 0 Å². The first kappa shape index (κ1) is 14.6. The van der Waals surface area contributed by atoms with Crippen LogP contribution in [0, 0.1) is 0 Å². The molecule has 1 aliphatic rings. The van der Waals surface area contributed by atoms with E-state index < -0.39 is 0 Å². The second-order valence-corrected chi connectivity index (χ2v) is 6.30. The molecular weight excluding hydrogens is 326 g/mol. The van der Waals surface area contributed by atoms with Crippen molar-refractivity contribution < 1.29 is 14.3 Å². The maximum atomic E-state index is 12.3. The van der Waals surface area contributed by atoms with Gasteiger partial charge in [-0.05, 0) is 24.3 Å². The average molecular weight is 339 g/mol. The van der Waals surface area contributed by atoms with E-state index in [1.165, 1.54) is 16.2 Å². The second-order valence-electron chi connectivity index (χ2n) is 5.27. The number of carbonyl (C=O) groups excluding carboxylic acids is 2. The number of ether oxygens (including phenoxy) is 1. The van der Waals surface area contributed by atoms with Gasteiger partial charge in [0.2, 0.25) is 5.91 Å². The van der Waals surface area contributed by atoms with Gasteiger partial charge in [-0.15, -0.1) is 0 Å². The van der Waals surface area contributed by atoms with Crippen molar-refractivity contribution in [1.82, 2.24) is 4.98 Å². The second kappa shape index (κ2) is 5.93. The number of thiazole rings is 1. The Bertz CT molecular complexity index is 904. The van der Waals surface area contributed by atoms with Gasteiger partial charge in [0, 0.05) is 0 Å². The van der Waals surface area contributed by atoms with Gasteiger partial charge in [-0.25, -0.2) is 4.98 Å². The molecule has 120 valence electrons. The molecule has 24 heavy (non-hydrogen) atoms. The van der Waals surface area contributed by atoms with Crippen LogP contribution in [0.5, 0.6) is 5.75 Å². The van der Waals surface area contributed by atoms with Crippen LogP contribution in [0.15, 0.2) is 48.5 Å². The molecule has 0 fully saturated rings. The Labute approximate surface area is 141 Å². The summed E-state index contributed by atoms with van der Waals surface area (Å²) in [6.07, 6.45) is 0. The minimum Gasteiger partial charge on any atom is -0.482 e. The zero-order valence-corrected chi connectivity index (χ0v) is 13.4. The van der Waals surface area contributed by atoms with Crippen molar-refractivity contribution >= 4 is 44.2 Å². The van der Waals surface area contributed by atoms with Gasteiger partial charge in [-0.3, -0.25) is 14.5 Å². The Morgan fingerprint density at radius 3 is 2.88 bits per heavy atom.